The van der Waals surface area contributed by atoms with Crippen LogP contribution in [-0.4, -0.2) is 14.8 Å². The van der Waals surface area contributed by atoms with Crippen molar-refractivity contribution in [3.05, 3.63) is 12.2 Å². The Labute approximate surface area is 72.2 Å². The summed E-state index contributed by atoms with van der Waals surface area (Å²) < 4.78 is 1.66. The molecular weight excluding hydrogens is 164 g/mol. The fourth-order valence-corrected chi connectivity index (χ4v) is 0.708. The Morgan fingerprint density at radius 3 is 2.73 bits per heavy atom. The summed E-state index contributed by atoms with van der Waals surface area (Å²) >= 11 is 0. The molecule has 0 aliphatic rings. The molecule has 0 saturated heterocycles. The van der Waals surface area contributed by atoms with Gasteiger partial charge in [-0.3, -0.25) is 4.68 Å². The van der Waals surface area contributed by atoms with Crippen molar-refractivity contribution < 1.29 is 0 Å². The molecule has 0 aromatic carbocycles. The molecule has 5 heteroatoms. The van der Waals surface area contributed by atoms with Gasteiger partial charge in [-0.05, 0) is 6.42 Å². The number of hydrogen-bond acceptors (Lipinski definition) is 3. The molecule has 0 bridgehead atoms. The predicted molar refractivity (Wildman–Crippen MR) is 45.5 cm³/mol. The third kappa shape index (κ3) is 2.48. The first kappa shape index (κ1) is 10.4. The zero-order chi connectivity index (χ0) is 7.56. The lowest BCUT2D eigenvalue weighted by Gasteiger charge is -2.00. The van der Waals surface area contributed by atoms with E-state index in [2.05, 4.69) is 10.1 Å². The van der Waals surface area contributed by atoms with Gasteiger partial charge in [0, 0.05) is 7.05 Å². The predicted octanol–water partition coefficient (Wildman–Crippen LogP) is 0.647. The normalized spacial score (nSPS) is 12.3. The first-order valence-corrected chi connectivity index (χ1v) is 3.35. The van der Waals surface area contributed by atoms with Crippen LogP contribution in [-0.2, 0) is 7.05 Å². The number of aryl methyl sites for hydroxylation is 1. The van der Waals surface area contributed by atoms with Gasteiger partial charge in [-0.1, -0.05) is 6.92 Å². The van der Waals surface area contributed by atoms with Crippen LogP contribution in [0.25, 0.3) is 0 Å². The third-order valence-electron chi connectivity index (χ3n) is 1.39. The molecule has 1 heterocycles. The molecule has 0 spiro atoms. The molecule has 1 rings (SSSR count). The summed E-state index contributed by atoms with van der Waals surface area (Å²) in [4.78, 5) is 4.01. The number of nitrogens with two attached hydrogens (primary N) is 1. The standard InChI is InChI=1S/C6H12N4.ClH/c1-3-5(7)6-8-4-10(2)9-6;/h4-5H,3,7H2,1-2H3;1H/t5-;/m0./s1. The topological polar surface area (TPSA) is 56.7 Å². The van der Waals surface area contributed by atoms with Crippen LogP contribution in [0.4, 0.5) is 0 Å². The molecule has 0 amide bonds. The van der Waals surface area contributed by atoms with Gasteiger partial charge < -0.3 is 5.73 Å². The van der Waals surface area contributed by atoms with E-state index in [0.717, 1.165) is 12.2 Å². The van der Waals surface area contributed by atoms with Crippen molar-refractivity contribution in [2.45, 2.75) is 19.4 Å². The Kier molecular flexibility index (Phi) is 4.07. The average Bonchev–Trinajstić information content (AvgIpc) is 2.34. The molecule has 1 atom stereocenters. The van der Waals surface area contributed by atoms with Gasteiger partial charge in [0.15, 0.2) is 5.82 Å². The lowest BCUT2D eigenvalue weighted by Crippen LogP contribution is -2.10. The Balaban J connectivity index is 0.000001000. The first-order chi connectivity index (χ1) is 4.74. The highest BCUT2D eigenvalue weighted by atomic mass is 35.5. The van der Waals surface area contributed by atoms with Crippen molar-refractivity contribution in [2.75, 3.05) is 0 Å². The Hall–Kier alpha value is -0.610. The Bertz CT molecular complexity index is 210. The number of aromatic nitrogens is 3. The Morgan fingerprint density at radius 1 is 1.73 bits per heavy atom. The summed E-state index contributed by atoms with van der Waals surface area (Å²) in [7, 11) is 1.83. The summed E-state index contributed by atoms with van der Waals surface area (Å²) in [5.41, 5.74) is 5.67. The van der Waals surface area contributed by atoms with Crippen LogP contribution in [0.5, 0.6) is 0 Å². The van der Waals surface area contributed by atoms with E-state index in [4.69, 9.17) is 5.73 Å². The summed E-state index contributed by atoms with van der Waals surface area (Å²) in [6.45, 7) is 2.01. The summed E-state index contributed by atoms with van der Waals surface area (Å²) in [6.07, 6.45) is 2.54. The highest BCUT2D eigenvalue weighted by Gasteiger charge is 2.06. The van der Waals surface area contributed by atoms with E-state index in [9.17, 15) is 0 Å². The molecular formula is C6H13ClN4. The van der Waals surface area contributed by atoms with E-state index in [0.29, 0.717) is 0 Å². The van der Waals surface area contributed by atoms with E-state index >= 15 is 0 Å². The van der Waals surface area contributed by atoms with Gasteiger partial charge in [-0.25, -0.2) is 4.98 Å². The smallest absolute Gasteiger partial charge is 0.167 e. The van der Waals surface area contributed by atoms with Crippen molar-refractivity contribution in [2.24, 2.45) is 12.8 Å². The minimum Gasteiger partial charge on any atom is -0.321 e. The zero-order valence-electron chi connectivity index (χ0n) is 6.69. The fraction of sp³-hybridized carbons (Fsp3) is 0.667. The van der Waals surface area contributed by atoms with E-state index < -0.39 is 0 Å². The number of hydrogen-bond donors (Lipinski definition) is 1. The van der Waals surface area contributed by atoms with E-state index in [1.54, 1.807) is 11.0 Å². The van der Waals surface area contributed by atoms with Gasteiger partial charge in [-0.2, -0.15) is 5.10 Å². The largest absolute Gasteiger partial charge is 0.321 e. The van der Waals surface area contributed by atoms with Gasteiger partial charge in [-0.15, -0.1) is 12.4 Å². The number of halogens is 1. The van der Waals surface area contributed by atoms with Crippen LogP contribution in [0, 0.1) is 0 Å². The minimum absolute atomic E-state index is 0. The molecule has 64 valence electrons. The van der Waals surface area contributed by atoms with Gasteiger partial charge in [0.2, 0.25) is 0 Å². The minimum atomic E-state index is -0.0128. The van der Waals surface area contributed by atoms with E-state index in [-0.39, 0.29) is 18.4 Å². The Morgan fingerprint density at radius 2 is 2.36 bits per heavy atom. The maximum absolute atomic E-state index is 5.67. The van der Waals surface area contributed by atoms with Crippen molar-refractivity contribution in [1.29, 1.82) is 0 Å². The highest BCUT2D eigenvalue weighted by molar-refractivity contribution is 5.85. The number of rotatable bonds is 2. The lowest BCUT2D eigenvalue weighted by molar-refractivity contribution is 0.632. The van der Waals surface area contributed by atoms with Gasteiger partial charge >= 0.3 is 0 Å². The van der Waals surface area contributed by atoms with Crippen molar-refractivity contribution in [3.8, 4) is 0 Å². The van der Waals surface area contributed by atoms with Crippen LogP contribution < -0.4 is 5.73 Å². The van der Waals surface area contributed by atoms with Crippen LogP contribution in [0.2, 0.25) is 0 Å². The van der Waals surface area contributed by atoms with Gasteiger partial charge in [0.1, 0.15) is 6.33 Å². The molecule has 1 aromatic heterocycles. The number of nitrogens with zero attached hydrogens (tertiary/aromatic N) is 3. The van der Waals surface area contributed by atoms with Gasteiger partial charge in [0.05, 0.1) is 6.04 Å². The van der Waals surface area contributed by atoms with E-state index in [1.807, 2.05) is 14.0 Å². The second-order valence-electron chi connectivity index (χ2n) is 2.29. The SMILES string of the molecule is CC[C@H](N)c1ncn(C)n1.Cl. The maximum Gasteiger partial charge on any atom is 0.167 e. The van der Waals surface area contributed by atoms with Crippen LogP contribution in [0.15, 0.2) is 6.33 Å². The second kappa shape index (κ2) is 4.31. The van der Waals surface area contributed by atoms with Crippen LogP contribution >= 0.6 is 12.4 Å². The summed E-state index contributed by atoms with van der Waals surface area (Å²) in [5.74, 6) is 0.727. The fourth-order valence-electron chi connectivity index (χ4n) is 0.708. The quantitative estimate of drug-likeness (QED) is 0.720. The molecule has 0 fully saturated rings. The molecule has 0 saturated carbocycles. The average molecular weight is 177 g/mol. The first-order valence-electron chi connectivity index (χ1n) is 3.35. The molecule has 0 aliphatic heterocycles. The molecule has 0 unspecified atom stereocenters. The second-order valence-corrected chi connectivity index (χ2v) is 2.29. The van der Waals surface area contributed by atoms with Crippen LogP contribution in [0.3, 0.4) is 0 Å². The molecule has 11 heavy (non-hydrogen) atoms. The molecule has 0 aliphatic carbocycles. The summed E-state index contributed by atoms with van der Waals surface area (Å²) in [5, 5.41) is 4.06. The van der Waals surface area contributed by atoms with Crippen molar-refractivity contribution >= 4 is 12.4 Å². The molecule has 0 radical (unpaired) electrons. The van der Waals surface area contributed by atoms with Crippen LogP contribution in [0.1, 0.15) is 25.2 Å². The molecule has 1 aromatic rings. The zero-order valence-corrected chi connectivity index (χ0v) is 7.51. The lowest BCUT2D eigenvalue weighted by atomic mass is 10.2. The molecule has 4 nitrogen and oxygen atoms in total. The third-order valence-corrected chi connectivity index (χ3v) is 1.39. The van der Waals surface area contributed by atoms with Gasteiger partial charge in [0.25, 0.3) is 0 Å². The van der Waals surface area contributed by atoms with Crippen molar-refractivity contribution in [3.63, 3.8) is 0 Å². The maximum atomic E-state index is 5.67. The monoisotopic (exact) mass is 176 g/mol. The van der Waals surface area contributed by atoms with Crippen molar-refractivity contribution in [1.82, 2.24) is 14.8 Å². The van der Waals surface area contributed by atoms with E-state index in [1.165, 1.54) is 0 Å². The highest BCUT2D eigenvalue weighted by Crippen LogP contribution is 2.05. The summed E-state index contributed by atoms with van der Waals surface area (Å²) in [6, 6.07) is -0.0128. The molecule has 2 N–H and O–H groups in total.